The van der Waals surface area contributed by atoms with Crippen LogP contribution in [0.1, 0.15) is 81.6 Å². The molecule has 1 aliphatic heterocycles. The quantitative estimate of drug-likeness (QED) is 0.554. The second kappa shape index (κ2) is 10.5. The van der Waals surface area contributed by atoms with E-state index in [0.29, 0.717) is 0 Å². The van der Waals surface area contributed by atoms with Gasteiger partial charge in [-0.2, -0.15) is 0 Å². The maximum atomic E-state index is 10.7. The predicted octanol–water partition coefficient (Wildman–Crippen LogP) is 5.41. The van der Waals surface area contributed by atoms with Gasteiger partial charge in [0.1, 0.15) is 0 Å². The van der Waals surface area contributed by atoms with E-state index in [-0.39, 0.29) is 6.04 Å². The summed E-state index contributed by atoms with van der Waals surface area (Å²) in [7, 11) is 0. The maximum Gasteiger partial charge on any atom is 0.0940 e. The van der Waals surface area contributed by atoms with Crippen LogP contribution in [0.3, 0.4) is 0 Å². The van der Waals surface area contributed by atoms with Crippen molar-refractivity contribution in [1.82, 2.24) is 5.32 Å². The predicted molar refractivity (Wildman–Crippen MR) is 106 cm³/mol. The Bertz CT molecular complexity index is 503. The molecular formula is C21H35NOS. The molecule has 1 aromatic carbocycles. The summed E-state index contributed by atoms with van der Waals surface area (Å²) in [5, 5.41) is 14.2. The molecule has 0 aliphatic carbocycles. The van der Waals surface area contributed by atoms with Gasteiger partial charge in [-0.1, -0.05) is 51.2 Å². The van der Waals surface area contributed by atoms with Gasteiger partial charge >= 0.3 is 0 Å². The highest BCUT2D eigenvalue weighted by molar-refractivity contribution is 7.99. The highest BCUT2D eigenvalue weighted by atomic mass is 32.2. The number of aliphatic hydroxyl groups excluding tert-OH is 1. The molecule has 0 saturated carbocycles. The van der Waals surface area contributed by atoms with E-state index in [1.807, 2.05) is 11.8 Å². The summed E-state index contributed by atoms with van der Waals surface area (Å²) >= 11 is 1.97. The number of fused-ring (bicyclic) bond motifs is 1. The van der Waals surface area contributed by atoms with Gasteiger partial charge in [0.2, 0.25) is 0 Å². The van der Waals surface area contributed by atoms with Crippen LogP contribution in [0, 0.1) is 6.92 Å². The molecule has 3 heteroatoms. The zero-order valence-corrected chi connectivity index (χ0v) is 16.6. The van der Waals surface area contributed by atoms with Gasteiger partial charge in [0.25, 0.3) is 0 Å². The smallest absolute Gasteiger partial charge is 0.0940 e. The number of rotatable bonds is 10. The van der Waals surface area contributed by atoms with Crippen LogP contribution in [0.4, 0.5) is 0 Å². The Morgan fingerprint density at radius 3 is 2.71 bits per heavy atom. The minimum atomic E-state index is -0.416. The summed E-state index contributed by atoms with van der Waals surface area (Å²) in [6.45, 7) is 7.54. The van der Waals surface area contributed by atoms with Crippen LogP contribution < -0.4 is 5.32 Å². The number of hydrogen-bond donors (Lipinski definition) is 2. The van der Waals surface area contributed by atoms with E-state index in [0.717, 1.165) is 18.5 Å². The van der Waals surface area contributed by atoms with Crippen LogP contribution >= 0.6 is 11.8 Å². The molecule has 0 aromatic heterocycles. The molecule has 0 saturated heterocycles. The molecule has 0 bridgehead atoms. The van der Waals surface area contributed by atoms with Crippen molar-refractivity contribution in [1.29, 1.82) is 0 Å². The van der Waals surface area contributed by atoms with Crippen LogP contribution in [0.5, 0.6) is 0 Å². The molecule has 2 atom stereocenters. The lowest BCUT2D eigenvalue weighted by molar-refractivity contribution is 0.135. The Morgan fingerprint density at radius 1 is 1.17 bits per heavy atom. The number of aryl methyl sites for hydroxylation is 2. The van der Waals surface area contributed by atoms with Crippen LogP contribution in [-0.4, -0.2) is 23.4 Å². The first kappa shape index (κ1) is 19.8. The van der Waals surface area contributed by atoms with Gasteiger partial charge in [-0.15, -0.1) is 11.8 Å². The molecule has 0 spiro atoms. The molecule has 1 aromatic rings. The van der Waals surface area contributed by atoms with Gasteiger partial charge in [0, 0.05) is 10.9 Å². The average Bonchev–Trinajstić information content (AvgIpc) is 2.60. The van der Waals surface area contributed by atoms with E-state index in [9.17, 15) is 5.11 Å². The third-order valence-corrected chi connectivity index (χ3v) is 6.39. The summed E-state index contributed by atoms with van der Waals surface area (Å²) in [6, 6.07) is 4.53. The Labute approximate surface area is 152 Å². The highest BCUT2D eigenvalue weighted by Gasteiger charge is 2.20. The standard InChI is InChI=1S/C21H35NOS/c1-4-5-6-7-8-9-12-22-17(3)20(23)19-14-16(2)21-18(15-19)11-10-13-24-21/h14-15,17,20,22-23H,4-13H2,1-3H3. The van der Waals surface area contributed by atoms with Crippen LogP contribution in [-0.2, 0) is 6.42 Å². The first-order valence-electron chi connectivity index (χ1n) is 9.81. The SMILES string of the molecule is CCCCCCCCNC(C)C(O)c1cc(C)c2c(c1)CCCS2. The van der Waals surface area contributed by atoms with Gasteiger partial charge in [0.15, 0.2) is 0 Å². The summed E-state index contributed by atoms with van der Waals surface area (Å²) < 4.78 is 0. The molecule has 24 heavy (non-hydrogen) atoms. The largest absolute Gasteiger partial charge is 0.387 e. The third-order valence-electron chi connectivity index (χ3n) is 5.02. The lowest BCUT2D eigenvalue weighted by atomic mass is 9.96. The van der Waals surface area contributed by atoms with E-state index >= 15 is 0 Å². The first-order chi connectivity index (χ1) is 11.6. The number of hydrogen-bond acceptors (Lipinski definition) is 3. The van der Waals surface area contributed by atoms with Crippen molar-refractivity contribution in [2.24, 2.45) is 0 Å². The fraction of sp³-hybridized carbons (Fsp3) is 0.714. The minimum absolute atomic E-state index is 0.106. The number of unbranched alkanes of at least 4 members (excludes halogenated alkanes) is 5. The highest BCUT2D eigenvalue weighted by Crippen LogP contribution is 2.35. The fourth-order valence-electron chi connectivity index (χ4n) is 3.51. The van der Waals surface area contributed by atoms with Crippen molar-refractivity contribution in [3.05, 3.63) is 28.8 Å². The Hall–Kier alpha value is -0.510. The van der Waals surface area contributed by atoms with Crippen molar-refractivity contribution >= 4 is 11.8 Å². The second-order valence-electron chi connectivity index (χ2n) is 7.23. The second-order valence-corrected chi connectivity index (χ2v) is 8.34. The summed E-state index contributed by atoms with van der Waals surface area (Å²) in [5.41, 5.74) is 3.84. The van der Waals surface area contributed by atoms with E-state index in [1.165, 1.54) is 66.7 Å². The summed E-state index contributed by atoms with van der Waals surface area (Å²) in [4.78, 5) is 1.45. The molecule has 136 valence electrons. The van der Waals surface area contributed by atoms with Crippen molar-refractivity contribution in [2.45, 2.75) is 89.2 Å². The van der Waals surface area contributed by atoms with E-state index in [1.54, 1.807) is 0 Å². The normalized spacial score (nSPS) is 16.7. The molecule has 0 radical (unpaired) electrons. The van der Waals surface area contributed by atoms with Gasteiger partial charge < -0.3 is 10.4 Å². The molecule has 1 aliphatic rings. The molecule has 2 rings (SSSR count). The Morgan fingerprint density at radius 2 is 1.92 bits per heavy atom. The zero-order valence-electron chi connectivity index (χ0n) is 15.7. The van der Waals surface area contributed by atoms with Crippen molar-refractivity contribution in [2.75, 3.05) is 12.3 Å². The molecule has 2 nitrogen and oxygen atoms in total. The monoisotopic (exact) mass is 349 g/mol. The molecular weight excluding hydrogens is 314 g/mol. The Kier molecular flexibility index (Phi) is 8.65. The maximum absolute atomic E-state index is 10.7. The van der Waals surface area contributed by atoms with Gasteiger partial charge in [-0.3, -0.25) is 0 Å². The molecule has 0 amide bonds. The topological polar surface area (TPSA) is 32.3 Å². The summed E-state index contributed by atoms with van der Waals surface area (Å²) in [6.07, 6.45) is 9.87. The lowest BCUT2D eigenvalue weighted by Gasteiger charge is -2.24. The minimum Gasteiger partial charge on any atom is -0.387 e. The van der Waals surface area contributed by atoms with E-state index < -0.39 is 6.10 Å². The third kappa shape index (κ3) is 5.79. The van der Waals surface area contributed by atoms with E-state index in [2.05, 4.69) is 38.2 Å². The van der Waals surface area contributed by atoms with E-state index in [4.69, 9.17) is 0 Å². The zero-order chi connectivity index (χ0) is 17.4. The average molecular weight is 350 g/mol. The van der Waals surface area contributed by atoms with Crippen LogP contribution in [0.25, 0.3) is 0 Å². The van der Waals surface area contributed by atoms with Crippen LogP contribution in [0.2, 0.25) is 0 Å². The summed E-state index contributed by atoms with van der Waals surface area (Å²) in [5.74, 6) is 1.23. The van der Waals surface area contributed by atoms with Crippen molar-refractivity contribution < 1.29 is 5.11 Å². The number of aliphatic hydroxyl groups is 1. The molecule has 2 N–H and O–H groups in total. The molecule has 1 heterocycles. The fourth-order valence-corrected chi connectivity index (χ4v) is 4.64. The van der Waals surface area contributed by atoms with Gasteiger partial charge in [0.05, 0.1) is 6.10 Å². The van der Waals surface area contributed by atoms with Crippen LogP contribution in [0.15, 0.2) is 17.0 Å². The van der Waals surface area contributed by atoms with Crippen molar-refractivity contribution in [3.8, 4) is 0 Å². The number of benzene rings is 1. The lowest BCUT2D eigenvalue weighted by Crippen LogP contribution is -2.33. The van der Waals surface area contributed by atoms with Gasteiger partial charge in [-0.25, -0.2) is 0 Å². The molecule has 0 fully saturated rings. The van der Waals surface area contributed by atoms with Crippen molar-refractivity contribution in [3.63, 3.8) is 0 Å². The number of thioether (sulfide) groups is 1. The number of nitrogens with one attached hydrogen (secondary N) is 1. The van der Waals surface area contributed by atoms with Gasteiger partial charge in [-0.05, 0) is 62.1 Å². The first-order valence-corrected chi connectivity index (χ1v) is 10.8. The Balaban J connectivity index is 1.80. The molecule has 2 unspecified atom stereocenters.